The van der Waals surface area contributed by atoms with Crippen LogP contribution >= 0.6 is 34.8 Å². The zero-order valence-electron chi connectivity index (χ0n) is 71.1. The molecule has 0 saturated heterocycles. The normalized spacial score (nSPS) is 9.89. The molecule has 13 rings (SSSR count). The Morgan fingerprint density at radius 3 is 0.932 bits per heavy atom. The van der Waals surface area contributed by atoms with Gasteiger partial charge in [0.1, 0.15) is 50.7 Å². The summed E-state index contributed by atoms with van der Waals surface area (Å²) < 4.78 is 38.8. The first-order valence-corrected chi connectivity index (χ1v) is 39.3. The van der Waals surface area contributed by atoms with E-state index in [0.717, 1.165) is 44.9 Å². The number of aromatic nitrogens is 10. The van der Waals surface area contributed by atoms with E-state index >= 15 is 0 Å². The van der Waals surface area contributed by atoms with Gasteiger partial charge in [0, 0.05) is 144 Å². The summed E-state index contributed by atoms with van der Waals surface area (Å²) in [7, 11) is 0. The number of benzene rings is 8. The molecule has 4 amide bonds. The number of halogens is 3. The Kier molecular flexibility index (Phi) is 50.9. The number of aryl methyl sites for hydroxylation is 5. The summed E-state index contributed by atoms with van der Waals surface area (Å²) in [6.45, 7) is 28.9. The predicted octanol–water partition coefficient (Wildman–Crippen LogP) is 27.7. The van der Waals surface area contributed by atoms with E-state index in [1.54, 1.807) is 164 Å². The lowest BCUT2D eigenvalue weighted by Crippen LogP contribution is -2.27. The summed E-state index contributed by atoms with van der Waals surface area (Å²) in [6, 6.07) is 63.5. The van der Waals surface area contributed by atoms with Crippen molar-refractivity contribution in [3.05, 3.63) is 299 Å². The molecule has 10 N–H and O–H groups in total. The molecule has 5 aromatic heterocycles. The zero-order valence-corrected chi connectivity index (χ0v) is 73.3. The third kappa shape index (κ3) is 43.9. The molecule has 0 aliphatic rings. The minimum absolute atomic E-state index is 0. The van der Waals surface area contributed by atoms with Gasteiger partial charge in [-0.05, 0) is 223 Å². The summed E-state index contributed by atoms with van der Waals surface area (Å²) in [6.07, 6.45) is 7.88. The van der Waals surface area contributed by atoms with Crippen molar-refractivity contribution in [1.29, 1.82) is 0 Å². The fraction of sp³-hybridized carbons (Fsp3) is 0.245. The molecule has 5 heterocycles. The second kappa shape index (κ2) is 57.3. The number of nitrogens with zero attached hydrogens (tertiary/aromatic N) is 10. The maximum atomic E-state index is 12.0. The Bertz CT molecular complexity index is 5740. The smallest absolute Gasteiger partial charge is 0.412 e. The molecule has 8 aromatic carbocycles. The Labute approximate surface area is 795 Å². The Hall–Kier alpha value is -14.7. The van der Waals surface area contributed by atoms with Crippen molar-refractivity contribution in [2.45, 2.75) is 166 Å². The number of carbonyl (C=O) groups is 4. The van der Waals surface area contributed by atoms with Crippen molar-refractivity contribution in [3.8, 4) is 52.3 Å². The molecule has 0 atom stereocenters. The molecule has 0 spiro atoms. The monoisotopic (exact) mass is 1860 g/mol. The number of aromatic hydroxyl groups is 1. The predicted molar refractivity (Wildman–Crippen MR) is 540 cm³/mol. The number of carbonyl (C=O) groups excluding carboxylic acids is 4. The molecule has 0 fully saturated rings. The van der Waals surface area contributed by atoms with Crippen molar-refractivity contribution in [2.24, 2.45) is 0 Å². The summed E-state index contributed by atoms with van der Waals surface area (Å²) >= 11 is 16.8. The number of hydrogen-bond acceptors (Lipinski definition) is 26. The van der Waals surface area contributed by atoms with E-state index in [4.69, 9.17) is 78.8 Å². The van der Waals surface area contributed by atoms with Gasteiger partial charge in [0.05, 0.1) is 0 Å². The van der Waals surface area contributed by atoms with Crippen LogP contribution in [0.3, 0.4) is 0 Å². The number of nitrogen functional groups attached to an aromatic ring is 1. The van der Waals surface area contributed by atoms with Crippen LogP contribution in [-0.4, -0.2) is 104 Å². The number of hydrogen-bond donors (Lipinski definition) is 9. The fourth-order valence-electron chi connectivity index (χ4n) is 9.61. The van der Waals surface area contributed by atoms with E-state index in [-0.39, 0.29) is 84.1 Å². The van der Waals surface area contributed by atoms with Crippen molar-refractivity contribution in [1.82, 2.24) is 49.8 Å². The van der Waals surface area contributed by atoms with Crippen molar-refractivity contribution in [3.63, 3.8) is 0 Å². The molecule has 0 unspecified atom stereocenters. The highest BCUT2D eigenvalue weighted by molar-refractivity contribution is 6.32. The first-order chi connectivity index (χ1) is 58.9. The summed E-state index contributed by atoms with van der Waals surface area (Å²) in [5, 5.41) is 29.8. The lowest BCUT2D eigenvalue weighted by atomic mass is 10.2. The second-order valence-electron chi connectivity index (χ2n) is 29.4. The average Bonchev–Trinajstić information content (AvgIpc) is 0.850. The Balaban J connectivity index is 0. The van der Waals surface area contributed by atoms with Crippen LogP contribution in [0.15, 0.2) is 256 Å². The van der Waals surface area contributed by atoms with Crippen molar-refractivity contribution < 1.29 is 58.9 Å². The maximum Gasteiger partial charge on any atom is 0.412 e. The molecule has 132 heavy (non-hydrogen) atoms. The third-order valence-corrected chi connectivity index (χ3v) is 15.8. The van der Waals surface area contributed by atoms with Crippen LogP contribution in [-0.2, 0) is 19.0 Å². The summed E-state index contributed by atoms with van der Waals surface area (Å²) in [5.74, 6) is 5.13. The molecule has 0 saturated carbocycles. The Morgan fingerprint density at radius 1 is 0.356 bits per heavy atom. The molecule has 13 aromatic rings. The Morgan fingerprint density at radius 2 is 0.629 bits per heavy atom. The SMILES string of the molecule is C.C.C.C.C.C.C.C=CC(=O)Nc1cccc(Oc2nc(Nc3ccccc3)ncc2C)c1.CC(C)(C)OC(=O)Nc1cccc(O)c1.Cc1cnc(Cl)nc1Cl.Cc1cnc(Cl)nc1Oc1cccc(NC(=O)OC(C)(C)C)c1.Cc1cnc(Nc2ccccc2)nc1Oc1cccc(N)c1.Cc1cnc(Nc2ccccc2)nc1Oc1cccc(NC(=O)OC(C)(C)C)c1.[2HH].[B]. The third-order valence-electron chi connectivity index (χ3n) is 15.1. The van der Waals surface area contributed by atoms with Gasteiger partial charge in [-0.15, -0.1) is 0 Å². The summed E-state index contributed by atoms with van der Waals surface area (Å²) in [4.78, 5) is 87.9. The number of para-hydroxylation sites is 3. The number of phenols is 1. The molecule has 3 radical (unpaired) electrons. The van der Waals surface area contributed by atoms with Gasteiger partial charge in [-0.25, -0.2) is 44.3 Å². The minimum Gasteiger partial charge on any atom is -0.508 e. The van der Waals surface area contributed by atoms with Gasteiger partial charge < -0.3 is 65.3 Å². The first-order valence-electron chi connectivity index (χ1n) is 38.1. The lowest BCUT2D eigenvalue weighted by molar-refractivity contribution is -0.111. The molecule has 30 nitrogen and oxygen atoms in total. The maximum absolute atomic E-state index is 12.0. The van der Waals surface area contributed by atoms with Crippen LogP contribution in [0.2, 0.25) is 15.7 Å². The second-order valence-corrected chi connectivity index (χ2v) is 30.5. The average molecular weight is 1870 g/mol. The van der Waals surface area contributed by atoms with Gasteiger partial charge in [0.25, 0.3) is 0 Å². The van der Waals surface area contributed by atoms with Gasteiger partial charge >= 0.3 is 18.3 Å². The van der Waals surface area contributed by atoms with E-state index in [9.17, 15) is 19.2 Å². The molecular weight excluding hydrogens is 1740 g/mol. The van der Waals surface area contributed by atoms with Gasteiger partial charge in [0.15, 0.2) is 0 Å². The molecule has 34 heteroatoms. The van der Waals surface area contributed by atoms with Crippen LogP contribution in [0.4, 0.5) is 77.7 Å². The largest absolute Gasteiger partial charge is 0.508 e. The van der Waals surface area contributed by atoms with E-state index in [2.05, 4.69) is 93.6 Å². The lowest BCUT2D eigenvalue weighted by Gasteiger charge is -2.19. The highest BCUT2D eigenvalue weighted by Gasteiger charge is 2.21. The van der Waals surface area contributed by atoms with E-state index in [0.29, 0.717) is 98.0 Å². The topological polar surface area (TPSA) is 392 Å². The van der Waals surface area contributed by atoms with Gasteiger partial charge in [0.2, 0.25) is 57.8 Å². The molecule has 0 aliphatic carbocycles. The molecule has 0 aliphatic heterocycles. The van der Waals surface area contributed by atoms with Crippen LogP contribution < -0.4 is 61.9 Å². The van der Waals surface area contributed by atoms with E-state index in [1.165, 1.54) is 18.2 Å². The number of rotatable bonds is 19. The fourth-order valence-corrected chi connectivity index (χ4v) is 10.0. The number of phenolic OH excluding ortho intramolecular Hbond substituents is 1. The molecule has 703 valence electrons. The number of amides is 4. The van der Waals surface area contributed by atoms with E-state index in [1.807, 2.05) is 165 Å². The zero-order chi connectivity index (χ0) is 89.9. The summed E-state index contributed by atoms with van der Waals surface area (Å²) in [5.41, 5.74) is 13.7. The molecule has 0 bridgehead atoms. The van der Waals surface area contributed by atoms with Crippen LogP contribution in [0, 0.1) is 34.6 Å². The minimum atomic E-state index is -0.571. The number of ether oxygens (including phenoxy) is 7. The quantitative estimate of drug-likeness (QED) is 0.00906. The van der Waals surface area contributed by atoms with Gasteiger partial charge in [-0.3, -0.25) is 20.7 Å². The number of nitrogens with two attached hydrogens (primary N) is 1. The van der Waals surface area contributed by atoms with E-state index < -0.39 is 35.1 Å². The van der Waals surface area contributed by atoms with Gasteiger partial charge in [-0.1, -0.05) is 155 Å². The van der Waals surface area contributed by atoms with Crippen LogP contribution in [0.1, 0.15) is 144 Å². The highest BCUT2D eigenvalue weighted by Crippen LogP contribution is 2.32. The van der Waals surface area contributed by atoms with Crippen LogP contribution in [0.5, 0.6) is 52.3 Å². The first kappa shape index (κ1) is 117. The highest BCUT2D eigenvalue weighted by atomic mass is 35.5. The van der Waals surface area contributed by atoms with Crippen molar-refractivity contribution in [2.75, 3.05) is 43.0 Å². The number of nitrogens with one attached hydrogen (secondary N) is 7. The van der Waals surface area contributed by atoms with Crippen molar-refractivity contribution >= 4 is 131 Å². The molecular formula is C98H125BCl3N18O12. The standard InChI is InChI=1S/C22H24N4O3.C20H18N4O2.C17H16N4O.C16H18ClN3O3.C11H15NO3.C5H4Cl2N2.7CH4.B.H2/c1-15-14-23-20(24-16-9-6-5-7-10-16)26-19(15)28-18-12-8-11-17(13-18)25-21(27)29-22(2,3)4;1-3-18(25)22-16-10-7-11-17(12-16)26-19-14(2)13-21-20(24-19)23-15-8-5-4-6-9-15;1-12-11-19-17(20-14-7-3-2-4-8-14)21-16(12)22-15-9-5-6-13(18)10-15;1-10-9-18-14(17)20-13(10)22-12-7-5-6-11(8-12)19-15(21)23-16(2,3)4;1-11(2,3)15-10(14)12-8-5-4-6-9(13)7-8;1-3-2-8-5(7)9-4(3)6;;;;;;;;;/h5-14H,1-4H3,(H,25,27)(H,23,24,26);3-13H,1H2,2H3,(H,22,25)(H,21,23,24);2-11H,18H2,1H3,(H,19,20,21);5-9H,1-4H3,(H,19,21);4-7,13H,1-3H3,(H,12,14);2H,1H3;7*1H4;;1H/i;;;;;;;;;;;;;;1+1. The number of anilines is 11. The van der Waals surface area contributed by atoms with Crippen LogP contribution in [0.25, 0.3) is 0 Å². The van der Waals surface area contributed by atoms with Gasteiger partial charge in [-0.2, -0.15) is 19.9 Å².